The maximum Gasteiger partial charge on any atom is 0.224 e. The Morgan fingerprint density at radius 1 is 1.05 bits per heavy atom. The zero-order valence-corrected chi connectivity index (χ0v) is 13.2. The van der Waals surface area contributed by atoms with Crippen LogP contribution in [0.4, 0.5) is 11.8 Å². The van der Waals surface area contributed by atoms with Crippen molar-refractivity contribution < 1.29 is 0 Å². The lowest BCUT2D eigenvalue weighted by atomic mass is 10.2. The number of hydrogen-bond donors (Lipinski definition) is 2. The van der Waals surface area contributed by atoms with Crippen molar-refractivity contribution in [1.29, 1.82) is 0 Å². The lowest BCUT2D eigenvalue weighted by Gasteiger charge is -2.11. The number of nitrogens with one attached hydrogen (secondary N) is 2. The highest BCUT2D eigenvalue weighted by Crippen LogP contribution is 2.25. The van der Waals surface area contributed by atoms with Gasteiger partial charge >= 0.3 is 0 Å². The Hall–Kier alpha value is -2.14. The SMILES string of the molecule is CNc1nc(NCc2ccccc2)c2ccc(Br)cc2n1. The normalized spacial score (nSPS) is 10.6. The van der Waals surface area contributed by atoms with Gasteiger partial charge in [0, 0.05) is 23.5 Å². The summed E-state index contributed by atoms with van der Waals surface area (Å²) in [6, 6.07) is 16.3. The largest absolute Gasteiger partial charge is 0.365 e. The minimum atomic E-state index is 0.608. The third-order valence-corrected chi connectivity index (χ3v) is 3.68. The molecule has 0 aliphatic rings. The van der Waals surface area contributed by atoms with Gasteiger partial charge in [-0.3, -0.25) is 0 Å². The summed E-state index contributed by atoms with van der Waals surface area (Å²) in [6.45, 7) is 0.728. The summed E-state index contributed by atoms with van der Waals surface area (Å²) in [4.78, 5) is 8.99. The molecule has 0 atom stereocenters. The molecule has 0 radical (unpaired) electrons. The van der Waals surface area contributed by atoms with E-state index in [9.17, 15) is 0 Å². The van der Waals surface area contributed by atoms with Crippen LogP contribution in [-0.4, -0.2) is 17.0 Å². The molecule has 0 bridgehead atoms. The van der Waals surface area contributed by atoms with E-state index < -0.39 is 0 Å². The van der Waals surface area contributed by atoms with E-state index >= 15 is 0 Å². The van der Waals surface area contributed by atoms with E-state index in [2.05, 4.69) is 48.7 Å². The van der Waals surface area contributed by atoms with E-state index in [0.29, 0.717) is 5.95 Å². The summed E-state index contributed by atoms with van der Waals surface area (Å²) in [5, 5.41) is 7.40. The number of rotatable bonds is 4. The van der Waals surface area contributed by atoms with Gasteiger partial charge in [-0.25, -0.2) is 4.98 Å². The topological polar surface area (TPSA) is 49.8 Å². The third kappa shape index (κ3) is 3.13. The molecule has 0 saturated carbocycles. The summed E-state index contributed by atoms with van der Waals surface area (Å²) in [6.07, 6.45) is 0. The van der Waals surface area contributed by atoms with Crippen LogP contribution in [0, 0.1) is 0 Å². The molecule has 106 valence electrons. The first-order valence-electron chi connectivity index (χ1n) is 6.69. The molecule has 3 rings (SSSR count). The second-order valence-corrected chi connectivity index (χ2v) is 5.56. The Balaban J connectivity index is 1.96. The average molecular weight is 343 g/mol. The van der Waals surface area contributed by atoms with Gasteiger partial charge in [0.05, 0.1) is 5.52 Å². The number of benzene rings is 2. The van der Waals surface area contributed by atoms with Crippen LogP contribution >= 0.6 is 15.9 Å². The predicted molar refractivity (Wildman–Crippen MR) is 90.6 cm³/mol. The van der Waals surface area contributed by atoms with Crippen LogP contribution in [0.2, 0.25) is 0 Å². The molecule has 5 heteroatoms. The first kappa shape index (κ1) is 13.8. The molecular formula is C16H15BrN4. The van der Waals surface area contributed by atoms with Crippen molar-refractivity contribution in [2.24, 2.45) is 0 Å². The molecule has 0 aliphatic heterocycles. The van der Waals surface area contributed by atoms with Crippen LogP contribution in [0.1, 0.15) is 5.56 Å². The fourth-order valence-corrected chi connectivity index (χ4v) is 2.48. The van der Waals surface area contributed by atoms with Gasteiger partial charge in [-0.15, -0.1) is 0 Å². The van der Waals surface area contributed by atoms with Crippen molar-refractivity contribution in [3.63, 3.8) is 0 Å². The van der Waals surface area contributed by atoms with Gasteiger partial charge in [0.2, 0.25) is 5.95 Å². The number of fused-ring (bicyclic) bond motifs is 1. The zero-order valence-electron chi connectivity index (χ0n) is 11.6. The van der Waals surface area contributed by atoms with Crippen LogP contribution < -0.4 is 10.6 Å². The molecule has 0 saturated heterocycles. The van der Waals surface area contributed by atoms with E-state index in [-0.39, 0.29) is 0 Å². The molecule has 0 amide bonds. The zero-order chi connectivity index (χ0) is 14.7. The van der Waals surface area contributed by atoms with E-state index in [4.69, 9.17) is 0 Å². The summed E-state index contributed by atoms with van der Waals surface area (Å²) < 4.78 is 1.00. The number of aromatic nitrogens is 2. The Morgan fingerprint density at radius 3 is 2.62 bits per heavy atom. The second kappa shape index (κ2) is 6.10. The fourth-order valence-electron chi connectivity index (χ4n) is 2.13. The minimum absolute atomic E-state index is 0.608. The van der Waals surface area contributed by atoms with E-state index in [1.807, 2.05) is 43.4 Å². The molecular weight excluding hydrogens is 328 g/mol. The van der Waals surface area contributed by atoms with Crippen molar-refractivity contribution in [2.45, 2.75) is 6.54 Å². The van der Waals surface area contributed by atoms with Gasteiger partial charge in [0.1, 0.15) is 5.82 Å². The van der Waals surface area contributed by atoms with E-state index in [1.54, 1.807) is 0 Å². The molecule has 1 aromatic heterocycles. The average Bonchev–Trinajstić information content (AvgIpc) is 2.52. The lowest BCUT2D eigenvalue weighted by Crippen LogP contribution is -2.05. The molecule has 2 aromatic carbocycles. The summed E-state index contributed by atoms with van der Waals surface area (Å²) >= 11 is 3.48. The molecule has 0 fully saturated rings. The maximum absolute atomic E-state index is 4.52. The van der Waals surface area contributed by atoms with Crippen LogP contribution in [-0.2, 0) is 6.54 Å². The molecule has 4 nitrogen and oxygen atoms in total. The predicted octanol–water partition coefficient (Wildman–Crippen LogP) is 4.05. The van der Waals surface area contributed by atoms with Gasteiger partial charge in [-0.2, -0.15) is 4.98 Å². The number of anilines is 2. The van der Waals surface area contributed by atoms with Crippen molar-refractivity contribution in [3.05, 3.63) is 58.6 Å². The Morgan fingerprint density at radius 2 is 1.86 bits per heavy atom. The van der Waals surface area contributed by atoms with Crippen molar-refractivity contribution in [3.8, 4) is 0 Å². The quantitative estimate of drug-likeness (QED) is 0.751. The van der Waals surface area contributed by atoms with E-state index in [1.165, 1.54) is 5.56 Å². The van der Waals surface area contributed by atoms with Gasteiger partial charge < -0.3 is 10.6 Å². The summed E-state index contributed by atoms with van der Waals surface area (Å²) in [5.74, 6) is 1.44. The second-order valence-electron chi connectivity index (χ2n) is 4.65. The fraction of sp³-hybridized carbons (Fsp3) is 0.125. The number of hydrogen-bond acceptors (Lipinski definition) is 4. The molecule has 1 heterocycles. The number of halogens is 1. The molecule has 0 aliphatic carbocycles. The van der Waals surface area contributed by atoms with Crippen LogP contribution in [0.25, 0.3) is 10.9 Å². The van der Waals surface area contributed by atoms with Crippen LogP contribution in [0.3, 0.4) is 0 Å². The van der Waals surface area contributed by atoms with Crippen LogP contribution in [0.5, 0.6) is 0 Å². The molecule has 21 heavy (non-hydrogen) atoms. The highest BCUT2D eigenvalue weighted by Gasteiger charge is 2.07. The minimum Gasteiger partial charge on any atom is -0.365 e. The Labute approximate surface area is 131 Å². The van der Waals surface area contributed by atoms with Crippen molar-refractivity contribution in [2.75, 3.05) is 17.7 Å². The van der Waals surface area contributed by atoms with E-state index in [0.717, 1.165) is 27.7 Å². The Kier molecular flexibility index (Phi) is 4.01. The third-order valence-electron chi connectivity index (χ3n) is 3.19. The first-order valence-corrected chi connectivity index (χ1v) is 7.48. The highest BCUT2D eigenvalue weighted by atomic mass is 79.9. The van der Waals surface area contributed by atoms with Crippen molar-refractivity contribution >= 4 is 38.6 Å². The van der Waals surface area contributed by atoms with Gasteiger partial charge in [0.15, 0.2) is 0 Å². The van der Waals surface area contributed by atoms with Crippen molar-refractivity contribution in [1.82, 2.24) is 9.97 Å². The van der Waals surface area contributed by atoms with Gasteiger partial charge in [0.25, 0.3) is 0 Å². The smallest absolute Gasteiger partial charge is 0.224 e. The van der Waals surface area contributed by atoms with Gasteiger partial charge in [-0.1, -0.05) is 46.3 Å². The number of nitrogens with zero attached hydrogens (tertiary/aromatic N) is 2. The molecule has 3 aromatic rings. The summed E-state index contributed by atoms with van der Waals surface area (Å²) in [7, 11) is 1.82. The Bertz CT molecular complexity index is 759. The highest BCUT2D eigenvalue weighted by molar-refractivity contribution is 9.10. The standard InChI is InChI=1S/C16H15BrN4/c1-18-16-20-14-9-12(17)7-8-13(14)15(21-16)19-10-11-5-3-2-4-6-11/h2-9H,10H2,1H3,(H2,18,19,20,21). The summed E-state index contributed by atoms with van der Waals surface area (Å²) in [5.41, 5.74) is 2.12. The van der Waals surface area contributed by atoms with Gasteiger partial charge in [-0.05, 0) is 23.8 Å². The molecule has 0 unspecified atom stereocenters. The molecule has 2 N–H and O–H groups in total. The monoisotopic (exact) mass is 342 g/mol. The van der Waals surface area contributed by atoms with Crippen LogP contribution in [0.15, 0.2) is 53.0 Å². The molecule has 0 spiro atoms. The maximum atomic E-state index is 4.52. The lowest BCUT2D eigenvalue weighted by molar-refractivity contribution is 1.10. The first-order chi connectivity index (χ1) is 10.3.